The molecule has 1 aliphatic rings. The largest absolute Gasteiger partial charge is 0.471 e. The maximum absolute atomic E-state index is 13.5. The lowest BCUT2D eigenvalue weighted by atomic mass is 9.67. The van der Waals surface area contributed by atoms with Gasteiger partial charge in [0.15, 0.2) is 0 Å². The second kappa shape index (κ2) is 7.66. The van der Waals surface area contributed by atoms with Crippen molar-refractivity contribution in [2.75, 3.05) is 6.54 Å². The number of rotatable bonds is 5. The van der Waals surface area contributed by atoms with E-state index >= 15 is 0 Å². The first-order valence-corrected chi connectivity index (χ1v) is 8.78. The van der Waals surface area contributed by atoms with E-state index in [1.807, 2.05) is 0 Å². The molecular formula is C19H15F6N3O2. The van der Waals surface area contributed by atoms with Crippen LogP contribution in [0.2, 0.25) is 0 Å². The smallest absolute Gasteiger partial charge is 0.329 e. The molecule has 160 valence electrons. The maximum Gasteiger partial charge on any atom is 0.471 e. The van der Waals surface area contributed by atoms with Crippen LogP contribution in [-0.4, -0.2) is 33.7 Å². The number of carbonyl (C=O) groups excluding carboxylic acids is 1. The standard InChI is InChI=1S/C19H15F6N3O2/c1-2-10-28(16(29)17(8-3-9-17)19(23,24)25)11-12-4-6-13(7-5-12)14-26-15(30-27-14)18(20,21)22/h1,4-7H,3,8-11H2. The van der Waals surface area contributed by atoms with Crippen LogP contribution in [0.3, 0.4) is 0 Å². The second-order valence-electron chi connectivity index (χ2n) is 6.92. The number of amides is 1. The molecule has 1 fully saturated rings. The maximum atomic E-state index is 13.5. The second-order valence-corrected chi connectivity index (χ2v) is 6.92. The predicted octanol–water partition coefficient (Wildman–Crippen LogP) is 4.45. The molecular weight excluding hydrogens is 416 g/mol. The number of hydrogen-bond donors (Lipinski definition) is 0. The molecule has 0 spiro atoms. The van der Waals surface area contributed by atoms with Gasteiger partial charge in [-0.1, -0.05) is 41.8 Å². The zero-order chi connectivity index (χ0) is 22.2. The molecule has 1 amide bonds. The van der Waals surface area contributed by atoms with Crippen molar-refractivity contribution in [1.29, 1.82) is 0 Å². The Bertz CT molecular complexity index is 952. The van der Waals surface area contributed by atoms with Crippen LogP contribution < -0.4 is 0 Å². The summed E-state index contributed by atoms with van der Waals surface area (Å²) in [5, 5.41) is 3.26. The van der Waals surface area contributed by atoms with Gasteiger partial charge >= 0.3 is 18.2 Å². The summed E-state index contributed by atoms with van der Waals surface area (Å²) in [5.41, 5.74) is -1.76. The number of terminal acetylenes is 1. The average Bonchev–Trinajstić information content (AvgIpc) is 3.10. The highest BCUT2D eigenvalue weighted by Crippen LogP contribution is 2.54. The van der Waals surface area contributed by atoms with Crippen LogP contribution in [-0.2, 0) is 17.5 Å². The molecule has 1 aromatic carbocycles. The van der Waals surface area contributed by atoms with Gasteiger partial charge in [-0.05, 0) is 18.4 Å². The topological polar surface area (TPSA) is 59.2 Å². The van der Waals surface area contributed by atoms with Crippen LogP contribution in [0.1, 0.15) is 30.7 Å². The van der Waals surface area contributed by atoms with Gasteiger partial charge in [-0.2, -0.15) is 31.3 Å². The molecule has 1 saturated carbocycles. The molecule has 1 heterocycles. The molecule has 0 aliphatic heterocycles. The fraction of sp³-hybridized carbons (Fsp3) is 0.421. The quantitative estimate of drug-likeness (QED) is 0.519. The Kier molecular flexibility index (Phi) is 5.54. The van der Waals surface area contributed by atoms with Gasteiger partial charge in [0.25, 0.3) is 0 Å². The van der Waals surface area contributed by atoms with Gasteiger partial charge in [-0.25, -0.2) is 0 Å². The molecule has 3 rings (SSSR count). The first kappa shape index (κ1) is 21.7. The minimum Gasteiger partial charge on any atom is -0.329 e. The summed E-state index contributed by atoms with van der Waals surface area (Å²) in [4.78, 5) is 16.9. The first-order chi connectivity index (χ1) is 14.0. The van der Waals surface area contributed by atoms with Crippen LogP contribution in [0.4, 0.5) is 26.3 Å². The SMILES string of the molecule is C#CCN(Cc1ccc(-c2noc(C(F)(F)F)n2)cc1)C(=O)C1(C(F)(F)F)CCC1. The highest BCUT2D eigenvalue weighted by atomic mass is 19.4. The molecule has 5 nitrogen and oxygen atoms in total. The zero-order valence-electron chi connectivity index (χ0n) is 15.3. The Labute approximate surface area is 167 Å². The van der Waals surface area contributed by atoms with E-state index in [4.69, 9.17) is 6.42 Å². The lowest BCUT2D eigenvalue weighted by Crippen LogP contribution is -2.56. The summed E-state index contributed by atoms with van der Waals surface area (Å²) in [6.07, 6.45) is -4.49. The van der Waals surface area contributed by atoms with E-state index in [-0.39, 0.29) is 37.3 Å². The Morgan fingerprint density at radius 3 is 2.23 bits per heavy atom. The van der Waals surface area contributed by atoms with Crippen molar-refractivity contribution in [2.45, 2.75) is 38.2 Å². The van der Waals surface area contributed by atoms with E-state index in [0.29, 0.717) is 12.0 Å². The number of hydrogen-bond acceptors (Lipinski definition) is 4. The minimum absolute atomic E-state index is 0.179. The van der Waals surface area contributed by atoms with Gasteiger partial charge in [-0.3, -0.25) is 4.79 Å². The third kappa shape index (κ3) is 3.99. The van der Waals surface area contributed by atoms with Crippen LogP contribution >= 0.6 is 0 Å². The molecule has 30 heavy (non-hydrogen) atoms. The summed E-state index contributed by atoms with van der Waals surface area (Å²) in [5.74, 6) is -0.670. The molecule has 0 bridgehead atoms. The van der Waals surface area contributed by atoms with Crippen LogP contribution in [0.25, 0.3) is 11.4 Å². The Balaban J connectivity index is 1.78. The Morgan fingerprint density at radius 1 is 1.17 bits per heavy atom. The van der Waals surface area contributed by atoms with Gasteiger partial charge in [-0.15, -0.1) is 6.42 Å². The van der Waals surface area contributed by atoms with Crippen molar-refractivity contribution < 1.29 is 35.7 Å². The van der Waals surface area contributed by atoms with Crippen molar-refractivity contribution >= 4 is 5.91 Å². The third-order valence-corrected chi connectivity index (χ3v) is 4.98. The fourth-order valence-corrected chi connectivity index (χ4v) is 3.20. The average molecular weight is 431 g/mol. The summed E-state index contributed by atoms with van der Waals surface area (Å²) in [6.45, 7) is -0.487. The molecule has 0 N–H and O–H groups in total. The summed E-state index contributed by atoms with van der Waals surface area (Å²) >= 11 is 0. The number of halogens is 6. The normalized spacial score (nSPS) is 15.9. The zero-order valence-corrected chi connectivity index (χ0v) is 15.3. The molecule has 0 unspecified atom stereocenters. The number of carbonyl (C=O) groups is 1. The van der Waals surface area contributed by atoms with Crippen LogP contribution in [0, 0.1) is 17.8 Å². The number of alkyl halides is 6. The van der Waals surface area contributed by atoms with Crippen molar-refractivity contribution in [1.82, 2.24) is 15.0 Å². The van der Waals surface area contributed by atoms with Crippen LogP contribution in [0.15, 0.2) is 28.8 Å². The third-order valence-electron chi connectivity index (χ3n) is 4.98. The monoisotopic (exact) mass is 431 g/mol. The Hall–Kier alpha value is -3.03. The van der Waals surface area contributed by atoms with Crippen molar-refractivity contribution in [3.8, 4) is 23.7 Å². The molecule has 11 heteroatoms. The number of benzene rings is 1. The minimum atomic E-state index is -4.78. The highest BCUT2D eigenvalue weighted by Gasteiger charge is 2.64. The van der Waals surface area contributed by atoms with E-state index in [2.05, 4.69) is 20.6 Å². The molecule has 0 saturated heterocycles. The van der Waals surface area contributed by atoms with Gasteiger partial charge in [0.2, 0.25) is 11.7 Å². The molecule has 0 radical (unpaired) electrons. The predicted molar refractivity (Wildman–Crippen MR) is 91.3 cm³/mol. The first-order valence-electron chi connectivity index (χ1n) is 8.78. The fourth-order valence-electron chi connectivity index (χ4n) is 3.20. The number of nitrogens with zero attached hydrogens (tertiary/aromatic N) is 3. The number of aromatic nitrogens is 2. The van der Waals surface area contributed by atoms with E-state index < -0.39 is 29.6 Å². The highest BCUT2D eigenvalue weighted by molar-refractivity contribution is 5.84. The van der Waals surface area contributed by atoms with Crippen molar-refractivity contribution in [3.63, 3.8) is 0 Å². The summed E-state index contributed by atoms with van der Waals surface area (Å²) < 4.78 is 82.2. The molecule has 2 aromatic rings. The van der Waals surface area contributed by atoms with Gasteiger partial charge in [0.05, 0.1) is 6.54 Å². The van der Waals surface area contributed by atoms with Crippen molar-refractivity contribution in [3.05, 3.63) is 35.7 Å². The van der Waals surface area contributed by atoms with Gasteiger partial charge in [0, 0.05) is 12.1 Å². The van der Waals surface area contributed by atoms with Gasteiger partial charge < -0.3 is 9.42 Å². The molecule has 1 aliphatic carbocycles. The lowest BCUT2D eigenvalue weighted by Gasteiger charge is -2.44. The molecule has 1 aromatic heterocycles. The Morgan fingerprint density at radius 2 is 1.80 bits per heavy atom. The van der Waals surface area contributed by atoms with E-state index in [0.717, 1.165) is 4.90 Å². The van der Waals surface area contributed by atoms with Gasteiger partial charge in [0.1, 0.15) is 5.41 Å². The summed E-state index contributed by atoms with van der Waals surface area (Å²) in [6, 6.07) is 5.64. The van der Waals surface area contributed by atoms with E-state index in [9.17, 15) is 31.1 Å². The van der Waals surface area contributed by atoms with Crippen LogP contribution in [0.5, 0.6) is 0 Å². The van der Waals surface area contributed by atoms with Crippen molar-refractivity contribution in [2.24, 2.45) is 5.41 Å². The van der Waals surface area contributed by atoms with E-state index in [1.165, 1.54) is 24.3 Å². The molecule has 0 atom stereocenters. The summed E-state index contributed by atoms with van der Waals surface area (Å²) in [7, 11) is 0. The lowest BCUT2D eigenvalue weighted by molar-refractivity contribution is -0.248. The van der Waals surface area contributed by atoms with E-state index in [1.54, 1.807) is 0 Å².